The maximum Gasteiger partial charge on any atom is 0.123 e. The predicted molar refractivity (Wildman–Crippen MR) is 73.2 cm³/mol. The Hall–Kier alpha value is -1.22. The molecule has 0 saturated heterocycles. The smallest absolute Gasteiger partial charge is 0.123 e. The molecule has 0 radical (unpaired) electrons. The molecule has 2 rings (SSSR count). The van der Waals surface area contributed by atoms with Crippen molar-refractivity contribution in [1.29, 1.82) is 0 Å². The third-order valence-corrected chi connectivity index (χ3v) is 3.82. The topological polar surface area (TPSA) is 30.5 Å². The van der Waals surface area contributed by atoms with Crippen molar-refractivity contribution in [3.63, 3.8) is 0 Å². The van der Waals surface area contributed by atoms with E-state index in [1.54, 1.807) is 14.2 Å². The SMILES string of the molecule is COc1ccc(OC)c(CNC(C)(C)C2CC2)c1. The first kappa shape index (κ1) is 13.2. The van der Waals surface area contributed by atoms with E-state index >= 15 is 0 Å². The van der Waals surface area contributed by atoms with Crippen LogP contribution in [0.15, 0.2) is 18.2 Å². The number of hydrogen-bond acceptors (Lipinski definition) is 3. The first-order chi connectivity index (χ1) is 8.56. The third kappa shape index (κ3) is 2.96. The fourth-order valence-electron chi connectivity index (χ4n) is 2.29. The molecule has 1 aliphatic carbocycles. The Morgan fingerprint density at radius 1 is 1.22 bits per heavy atom. The second-order valence-corrected chi connectivity index (χ2v) is 5.53. The molecule has 3 nitrogen and oxygen atoms in total. The molecule has 1 saturated carbocycles. The van der Waals surface area contributed by atoms with Crippen LogP contribution in [0.2, 0.25) is 0 Å². The van der Waals surface area contributed by atoms with Gasteiger partial charge >= 0.3 is 0 Å². The summed E-state index contributed by atoms with van der Waals surface area (Å²) < 4.78 is 10.7. The maximum atomic E-state index is 5.39. The molecule has 0 atom stereocenters. The molecule has 0 spiro atoms. The fraction of sp³-hybridized carbons (Fsp3) is 0.600. The second-order valence-electron chi connectivity index (χ2n) is 5.53. The first-order valence-electron chi connectivity index (χ1n) is 6.53. The highest BCUT2D eigenvalue weighted by Gasteiger charge is 2.37. The molecule has 0 aliphatic heterocycles. The van der Waals surface area contributed by atoms with Crippen LogP contribution in [0, 0.1) is 5.92 Å². The van der Waals surface area contributed by atoms with Gasteiger partial charge in [0, 0.05) is 17.6 Å². The van der Waals surface area contributed by atoms with Gasteiger partial charge in [0.05, 0.1) is 14.2 Å². The number of benzene rings is 1. The van der Waals surface area contributed by atoms with E-state index in [-0.39, 0.29) is 5.54 Å². The van der Waals surface area contributed by atoms with Gasteiger partial charge in [-0.3, -0.25) is 0 Å². The van der Waals surface area contributed by atoms with Crippen LogP contribution in [0.4, 0.5) is 0 Å². The van der Waals surface area contributed by atoms with Crippen LogP contribution in [0.1, 0.15) is 32.3 Å². The molecule has 0 bridgehead atoms. The van der Waals surface area contributed by atoms with Crippen molar-refractivity contribution < 1.29 is 9.47 Å². The normalized spacial score (nSPS) is 15.6. The van der Waals surface area contributed by atoms with E-state index in [2.05, 4.69) is 19.2 Å². The average Bonchev–Trinajstić information content (AvgIpc) is 3.20. The Morgan fingerprint density at radius 2 is 1.94 bits per heavy atom. The lowest BCUT2D eigenvalue weighted by molar-refractivity contribution is 0.333. The van der Waals surface area contributed by atoms with Gasteiger partial charge in [-0.25, -0.2) is 0 Å². The number of nitrogens with one attached hydrogen (secondary N) is 1. The van der Waals surface area contributed by atoms with E-state index in [4.69, 9.17) is 9.47 Å². The molecule has 0 unspecified atom stereocenters. The van der Waals surface area contributed by atoms with Crippen molar-refractivity contribution >= 4 is 0 Å². The van der Waals surface area contributed by atoms with Crippen LogP contribution in [0.5, 0.6) is 11.5 Å². The number of hydrogen-bond donors (Lipinski definition) is 1. The zero-order chi connectivity index (χ0) is 13.2. The van der Waals surface area contributed by atoms with Crippen LogP contribution >= 0.6 is 0 Å². The van der Waals surface area contributed by atoms with E-state index in [9.17, 15) is 0 Å². The van der Waals surface area contributed by atoms with Crippen LogP contribution in [-0.4, -0.2) is 19.8 Å². The standard InChI is InChI=1S/C15H23NO2/c1-15(2,12-5-6-12)16-10-11-9-13(17-3)7-8-14(11)18-4/h7-9,12,16H,5-6,10H2,1-4H3. The molecule has 1 aliphatic rings. The van der Waals surface area contributed by atoms with Gasteiger partial charge in [-0.05, 0) is 50.8 Å². The molecule has 3 heteroatoms. The van der Waals surface area contributed by atoms with Crippen molar-refractivity contribution in [3.05, 3.63) is 23.8 Å². The van der Waals surface area contributed by atoms with Crippen LogP contribution in [0.3, 0.4) is 0 Å². The van der Waals surface area contributed by atoms with Crippen molar-refractivity contribution in [2.24, 2.45) is 5.92 Å². The van der Waals surface area contributed by atoms with Crippen LogP contribution in [-0.2, 0) is 6.54 Å². The van der Waals surface area contributed by atoms with Gasteiger partial charge in [0.2, 0.25) is 0 Å². The zero-order valence-electron chi connectivity index (χ0n) is 11.7. The summed E-state index contributed by atoms with van der Waals surface area (Å²) >= 11 is 0. The van der Waals surface area contributed by atoms with Crippen LogP contribution < -0.4 is 14.8 Å². The van der Waals surface area contributed by atoms with Gasteiger partial charge in [0.15, 0.2) is 0 Å². The summed E-state index contributed by atoms with van der Waals surface area (Å²) in [7, 11) is 3.39. The Balaban J connectivity index is 2.07. The highest BCUT2D eigenvalue weighted by Crippen LogP contribution is 2.39. The van der Waals surface area contributed by atoms with Crippen molar-refractivity contribution in [1.82, 2.24) is 5.32 Å². The maximum absolute atomic E-state index is 5.39. The Labute approximate surface area is 109 Å². The van der Waals surface area contributed by atoms with Gasteiger partial charge in [-0.1, -0.05) is 0 Å². The lowest BCUT2D eigenvalue weighted by atomic mass is 9.98. The summed E-state index contributed by atoms with van der Waals surface area (Å²) in [6.07, 6.45) is 2.69. The lowest BCUT2D eigenvalue weighted by Crippen LogP contribution is -2.40. The highest BCUT2D eigenvalue weighted by atomic mass is 16.5. The van der Waals surface area contributed by atoms with Gasteiger partial charge in [-0.2, -0.15) is 0 Å². The third-order valence-electron chi connectivity index (χ3n) is 3.82. The minimum absolute atomic E-state index is 0.202. The molecule has 1 N–H and O–H groups in total. The Kier molecular flexibility index (Phi) is 3.81. The van der Waals surface area contributed by atoms with E-state index in [1.165, 1.54) is 12.8 Å². The van der Waals surface area contributed by atoms with Crippen molar-refractivity contribution in [2.45, 2.75) is 38.8 Å². The van der Waals surface area contributed by atoms with E-state index < -0.39 is 0 Å². The molecule has 0 aromatic heterocycles. The molecule has 1 aromatic rings. The van der Waals surface area contributed by atoms with Gasteiger partial charge < -0.3 is 14.8 Å². The quantitative estimate of drug-likeness (QED) is 0.840. The molecular formula is C15H23NO2. The van der Waals surface area contributed by atoms with Crippen LogP contribution in [0.25, 0.3) is 0 Å². The lowest BCUT2D eigenvalue weighted by Gasteiger charge is -2.26. The molecule has 18 heavy (non-hydrogen) atoms. The van der Waals surface area contributed by atoms with Crippen molar-refractivity contribution in [2.75, 3.05) is 14.2 Å². The fourth-order valence-corrected chi connectivity index (χ4v) is 2.29. The molecule has 0 amide bonds. The largest absolute Gasteiger partial charge is 0.497 e. The summed E-state index contributed by atoms with van der Waals surface area (Å²) in [6.45, 7) is 5.36. The number of ether oxygens (including phenoxy) is 2. The summed E-state index contributed by atoms with van der Waals surface area (Å²) in [5, 5.41) is 3.63. The van der Waals surface area contributed by atoms with Gasteiger partial charge in [0.25, 0.3) is 0 Å². The molecule has 100 valence electrons. The first-order valence-corrected chi connectivity index (χ1v) is 6.53. The number of methoxy groups -OCH3 is 2. The summed E-state index contributed by atoms with van der Waals surface area (Å²) in [5.74, 6) is 2.60. The minimum atomic E-state index is 0.202. The van der Waals surface area contributed by atoms with Gasteiger partial charge in [0.1, 0.15) is 11.5 Å². The summed E-state index contributed by atoms with van der Waals surface area (Å²) in [4.78, 5) is 0. The average molecular weight is 249 g/mol. The van der Waals surface area contributed by atoms with E-state index in [1.807, 2.05) is 18.2 Å². The molecule has 1 aromatic carbocycles. The zero-order valence-corrected chi connectivity index (χ0v) is 11.7. The minimum Gasteiger partial charge on any atom is -0.497 e. The second kappa shape index (κ2) is 5.19. The molecular weight excluding hydrogens is 226 g/mol. The van der Waals surface area contributed by atoms with Crippen molar-refractivity contribution in [3.8, 4) is 11.5 Å². The Bertz CT molecular complexity index is 411. The van der Waals surface area contributed by atoms with E-state index in [0.717, 1.165) is 29.5 Å². The Morgan fingerprint density at radius 3 is 2.50 bits per heavy atom. The van der Waals surface area contributed by atoms with E-state index in [0.29, 0.717) is 0 Å². The number of rotatable bonds is 6. The monoisotopic (exact) mass is 249 g/mol. The highest BCUT2D eigenvalue weighted by molar-refractivity contribution is 5.40. The van der Waals surface area contributed by atoms with Gasteiger partial charge in [-0.15, -0.1) is 0 Å². The molecule has 0 heterocycles. The predicted octanol–water partition coefficient (Wildman–Crippen LogP) is 2.98. The summed E-state index contributed by atoms with van der Waals surface area (Å²) in [5.41, 5.74) is 1.35. The summed E-state index contributed by atoms with van der Waals surface area (Å²) in [6, 6.07) is 5.92. The molecule has 1 fully saturated rings.